The van der Waals surface area contributed by atoms with Gasteiger partial charge in [-0.3, -0.25) is 9.59 Å². The third kappa shape index (κ3) is 4.55. The van der Waals surface area contributed by atoms with Gasteiger partial charge in [0.05, 0.1) is 18.1 Å². The van der Waals surface area contributed by atoms with Crippen LogP contribution in [0.1, 0.15) is 39.3 Å². The topological polar surface area (TPSA) is 132 Å². The zero-order valence-electron chi connectivity index (χ0n) is 17.8. The van der Waals surface area contributed by atoms with Crippen molar-refractivity contribution < 1.29 is 23.8 Å². The molecule has 2 atom stereocenters. The molecule has 164 valence electrons. The number of carbonyl (C=O) groups is 2. The van der Waals surface area contributed by atoms with Crippen LogP contribution in [0.25, 0.3) is 11.0 Å². The number of primary amides is 2. The van der Waals surface area contributed by atoms with Crippen molar-refractivity contribution in [2.75, 3.05) is 27.2 Å². The van der Waals surface area contributed by atoms with Gasteiger partial charge in [-0.05, 0) is 38.7 Å². The van der Waals surface area contributed by atoms with E-state index in [0.717, 1.165) is 5.56 Å². The van der Waals surface area contributed by atoms with E-state index in [1.165, 1.54) is 0 Å². The van der Waals surface area contributed by atoms with Gasteiger partial charge in [0.15, 0.2) is 0 Å². The van der Waals surface area contributed by atoms with E-state index in [1.807, 2.05) is 49.3 Å². The Morgan fingerprint density at radius 3 is 2.35 bits per heavy atom. The summed E-state index contributed by atoms with van der Waals surface area (Å²) in [5.74, 6) is -1.93. The Hall–Kier alpha value is -3.36. The van der Waals surface area contributed by atoms with Gasteiger partial charge in [0.25, 0.3) is 5.91 Å². The SMILES string of the molecule is Cc1oc2ccc(OC(CN(C)C)c3ccccc3)c([C@@H](CO)C(N)=O)c2c1C(N)=O. The third-order valence-electron chi connectivity index (χ3n) is 5.12. The average molecular weight is 425 g/mol. The van der Waals surface area contributed by atoms with Gasteiger partial charge in [0, 0.05) is 17.5 Å². The summed E-state index contributed by atoms with van der Waals surface area (Å²) < 4.78 is 12.1. The summed E-state index contributed by atoms with van der Waals surface area (Å²) in [5.41, 5.74) is 12.9. The number of aliphatic hydroxyl groups excluding tert-OH is 1. The van der Waals surface area contributed by atoms with Crippen LogP contribution in [0.2, 0.25) is 0 Å². The lowest BCUT2D eigenvalue weighted by atomic mass is 9.92. The number of nitrogens with two attached hydrogens (primary N) is 2. The van der Waals surface area contributed by atoms with Crippen LogP contribution in [-0.4, -0.2) is 49.1 Å². The van der Waals surface area contributed by atoms with Gasteiger partial charge in [0.1, 0.15) is 23.2 Å². The van der Waals surface area contributed by atoms with Crippen molar-refractivity contribution in [3.63, 3.8) is 0 Å². The van der Waals surface area contributed by atoms with E-state index in [2.05, 4.69) is 0 Å². The maximum atomic E-state index is 12.2. The molecule has 1 aromatic heterocycles. The molecule has 0 saturated carbocycles. The summed E-state index contributed by atoms with van der Waals surface area (Å²) in [6.07, 6.45) is -0.385. The molecule has 0 fully saturated rings. The average Bonchev–Trinajstić information content (AvgIpc) is 3.05. The Labute approximate surface area is 180 Å². The number of hydrogen-bond donors (Lipinski definition) is 3. The summed E-state index contributed by atoms with van der Waals surface area (Å²) in [4.78, 5) is 26.3. The number of nitrogens with zero attached hydrogens (tertiary/aromatic N) is 1. The van der Waals surface area contributed by atoms with Gasteiger partial charge in [-0.1, -0.05) is 30.3 Å². The molecule has 0 radical (unpaired) electrons. The summed E-state index contributed by atoms with van der Waals surface area (Å²) in [6, 6.07) is 12.9. The largest absolute Gasteiger partial charge is 0.484 e. The van der Waals surface area contributed by atoms with Crippen LogP contribution in [0.4, 0.5) is 0 Å². The second-order valence-corrected chi connectivity index (χ2v) is 7.66. The van der Waals surface area contributed by atoms with Gasteiger partial charge in [-0.15, -0.1) is 0 Å². The van der Waals surface area contributed by atoms with E-state index in [-0.39, 0.29) is 17.2 Å². The first kappa shape index (κ1) is 22.3. The van der Waals surface area contributed by atoms with Crippen LogP contribution < -0.4 is 16.2 Å². The van der Waals surface area contributed by atoms with E-state index in [0.29, 0.717) is 29.0 Å². The predicted molar refractivity (Wildman–Crippen MR) is 117 cm³/mol. The fraction of sp³-hybridized carbons (Fsp3) is 0.304. The Bertz CT molecular complexity index is 1090. The summed E-state index contributed by atoms with van der Waals surface area (Å²) in [5, 5.41) is 10.3. The fourth-order valence-electron chi connectivity index (χ4n) is 3.75. The molecule has 3 aromatic rings. The van der Waals surface area contributed by atoms with Crippen molar-refractivity contribution in [3.05, 3.63) is 64.9 Å². The number of benzene rings is 2. The van der Waals surface area contributed by atoms with E-state index >= 15 is 0 Å². The van der Waals surface area contributed by atoms with Crippen molar-refractivity contribution >= 4 is 22.8 Å². The van der Waals surface area contributed by atoms with Crippen molar-refractivity contribution in [2.45, 2.75) is 18.9 Å². The highest BCUT2D eigenvalue weighted by Gasteiger charge is 2.30. The van der Waals surface area contributed by atoms with Gasteiger partial charge in [-0.25, -0.2) is 0 Å². The van der Waals surface area contributed by atoms with Gasteiger partial charge in [-0.2, -0.15) is 0 Å². The normalized spacial score (nSPS) is 13.3. The van der Waals surface area contributed by atoms with Crippen molar-refractivity contribution in [1.29, 1.82) is 0 Å². The van der Waals surface area contributed by atoms with Crippen molar-refractivity contribution in [2.24, 2.45) is 11.5 Å². The Kier molecular flexibility index (Phi) is 6.62. The lowest BCUT2D eigenvalue weighted by Gasteiger charge is -2.26. The van der Waals surface area contributed by atoms with E-state index in [1.54, 1.807) is 19.1 Å². The minimum absolute atomic E-state index is 0.138. The highest BCUT2D eigenvalue weighted by molar-refractivity contribution is 6.09. The first-order chi connectivity index (χ1) is 14.7. The number of amides is 2. The number of carbonyl (C=O) groups excluding carboxylic acids is 2. The van der Waals surface area contributed by atoms with Gasteiger partial charge in [0.2, 0.25) is 5.91 Å². The molecular weight excluding hydrogens is 398 g/mol. The number of furan rings is 1. The predicted octanol–water partition coefficient (Wildman–Crippen LogP) is 2.08. The Morgan fingerprint density at radius 1 is 1.13 bits per heavy atom. The van der Waals surface area contributed by atoms with Crippen molar-refractivity contribution in [3.8, 4) is 5.75 Å². The number of hydrogen-bond acceptors (Lipinski definition) is 6. The number of aryl methyl sites for hydroxylation is 1. The molecule has 0 aliphatic carbocycles. The van der Waals surface area contributed by atoms with Crippen molar-refractivity contribution in [1.82, 2.24) is 4.90 Å². The molecule has 3 rings (SSSR count). The minimum Gasteiger partial charge on any atom is -0.484 e. The van der Waals surface area contributed by atoms with Gasteiger partial charge < -0.3 is 30.6 Å². The zero-order chi connectivity index (χ0) is 22.7. The van der Waals surface area contributed by atoms with Crippen LogP contribution in [0.5, 0.6) is 5.75 Å². The van der Waals surface area contributed by atoms with Crippen LogP contribution >= 0.6 is 0 Å². The molecule has 2 aromatic carbocycles. The number of aliphatic hydroxyl groups is 1. The molecule has 31 heavy (non-hydrogen) atoms. The number of likely N-dealkylation sites (N-methyl/N-ethyl adjacent to an activating group) is 1. The molecule has 1 unspecified atom stereocenters. The van der Waals surface area contributed by atoms with Crippen LogP contribution in [0, 0.1) is 6.92 Å². The minimum atomic E-state index is -1.11. The lowest BCUT2D eigenvalue weighted by Crippen LogP contribution is -2.27. The molecule has 1 heterocycles. The maximum Gasteiger partial charge on any atom is 0.252 e. The molecule has 2 amide bonds. The number of fused-ring (bicyclic) bond motifs is 1. The third-order valence-corrected chi connectivity index (χ3v) is 5.12. The molecule has 8 nitrogen and oxygen atoms in total. The fourth-order valence-corrected chi connectivity index (χ4v) is 3.75. The van der Waals surface area contributed by atoms with Crippen LogP contribution in [0.3, 0.4) is 0 Å². The second-order valence-electron chi connectivity index (χ2n) is 7.66. The second kappa shape index (κ2) is 9.20. The van der Waals surface area contributed by atoms with Crippen LogP contribution in [0.15, 0.2) is 46.9 Å². The van der Waals surface area contributed by atoms with E-state index < -0.39 is 24.3 Å². The molecule has 0 saturated heterocycles. The summed E-state index contributed by atoms with van der Waals surface area (Å²) in [6.45, 7) is 1.60. The van der Waals surface area contributed by atoms with E-state index in [9.17, 15) is 14.7 Å². The molecular formula is C23H27N3O5. The molecule has 8 heteroatoms. The Morgan fingerprint density at radius 2 is 1.81 bits per heavy atom. The first-order valence-electron chi connectivity index (χ1n) is 9.86. The molecule has 5 N–H and O–H groups in total. The maximum absolute atomic E-state index is 12.2. The summed E-state index contributed by atoms with van der Waals surface area (Å²) >= 11 is 0. The van der Waals surface area contributed by atoms with E-state index in [4.69, 9.17) is 20.6 Å². The Balaban J connectivity index is 2.24. The molecule has 0 spiro atoms. The highest BCUT2D eigenvalue weighted by Crippen LogP contribution is 2.40. The first-order valence-corrected chi connectivity index (χ1v) is 9.86. The van der Waals surface area contributed by atoms with Crippen LogP contribution in [-0.2, 0) is 4.79 Å². The number of rotatable bonds is 9. The molecule has 0 aliphatic heterocycles. The highest BCUT2D eigenvalue weighted by atomic mass is 16.5. The smallest absolute Gasteiger partial charge is 0.252 e. The molecule has 0 bridgehead atoms. The lowest BCUT2D eigenvalue weighted by molar-refractivity contribution is -0.120. The van der Waals surface area contributed by atoms with Gasteiger partial charge >= 0.3 is 0 Å². The number of ether oxygens (including phenoxy) is 1. The zero-order valence-corrected chi connectivity index (χ0v) is 17.8. The quantitative estimate of drug-likeness (QED) is 0.481. The molecule has 0 aliphatic rings. The standard InChI is InChI=1S/C23H27N3O5/c1-13-19(23(25)29)21-17(30-13)10-9-16(20(21)15(12-27)22(24)28)31-18(11-26(2)3)14-7-5-4-6-8-14/h4-10,15,18,27H,11-12H2,1-3H3,(H2,24,28)(H2,25,29)/t15-,18?/m1/s1. The monoisotopic (exact) mass is 425 g/mol. The summed E-state index contributed by atoms with van der Waals surface area (Å²) in [7, 11) is 3.85.